The van der Waals surface area contributed by atoms with Gasteiger partial charge in [-0.1, -0.05) is 11.6 Å². The van der Waals surface area contributed by atoms with E-state index in [1.807, 2.05) is 25.2 Å². The van der Waals surface area contributed by atoms with Crippen molar-refractivity contribution in [2.75, 3.05) is 19.5 Å². The van der Waals surface area contributed by atoms with E-state index in [9.17, 15) is 0 Å². The summed E-state index contributed by atoms with van der Waals surface area (Å²) >= 11 is 11.6. The molecule has 20 heavy (non-hydrogen) atoms. The van der Waals surface area contributed by atoms with Crippen molar-refractivity contribution >= 4 is 55.9 Å². The molecule has 1 aromatic heterocycles. The van der Waals surface area contributed by atoms with E-state index >= 15 is 0 Å². The maximum Gasteiger partial charge on any atom is 0.161 e. The van der Waals surface area contributed by atoms with Gasteiger partial charge in [-0.2, -0.15) is 0 Å². The van der Waals surface area contributed by atoms with Crippen molar-refractivity contribution in [1.82, 2.24) is 9.97 Å². The highest BCUT2D eigenvalue weighted by molar-refractivity contribution is 14.1. The summed E-state index contributed by atoms with van der Waals surface area (Å²) in [6.45, 7) is 0.442. The first kappa shape index (κ1) is 15.9. The van der Waals surface area contributed by atoms with Crippen LogP contribution in [0.25, 0.3) is 11.4 Å². The Labute approximate surface area is 144 Å². The van der Waals surface area contributed by atoms with Crippen LogP contribution >= 0.6 is 50.1 Å². The molecular formula is C13H12BrClIN3O. The van der Waals surface area contributed by atoms with E-state index in [1.54, 1.807) is 7.11 Å². The largest absolute Gasteiger partial charge is 0.378 e. The van der Waals surface area contributed by atoms with Crippen LogP contribution in [0.2, 0.25) is 5.02 Å². The Bertz CT molecular complexity index is 639. The molecule has 1 aromatic carbocycles. The van der Waals surface area contributed by atoms with Crippen molar-refractivity contribution in [3.05, 3.63) is 37.0 Å². The van der Waals surface area contributed by atoms with Gasteiger partial charge in [0, 0.05) is 24.2 Å². The molecule has 2 rings (SSSR count). The lowest BCUT2D eigenvalue weighted by Gasteiger charge is -2.11. The molecule has 1 N–H and O–H groups in total. The van der Waals surface area contributed by atoms with E-state index in [1.165, 1.54) is 0 Å². The molecule has 0 atom stereocenters. The van der Waals surface area contributed by atoms with Gasteiger partial charge in [0.2, 0.25) is 0 Å². The minimum Gasteiger partial charge on any atom is -0.378 e. The number of benzene rings is 1. The lowest BCUT2D eigenvalue weighted by molar-refractivity contribution is 0.181. The molecule has 0 aliphatic rings. The summed E-state index contributed by atoms with van der Waals surface area (Å²) in [5, 5.41) is 3.74. The van der Waals surface area contributed by atoms with Crippen LogP contribution < -0.4 is 5.32 Å². The van der Waals surface area contributed by atoms with E-state index in [0.717, 1.165) is 25.1 Å². The number of rotatable bonds is 4. The number of nitrogens with zero attached hydrogens (tertiary/aromatic N) is 2. The third-order valence-corrected chi connectivity index (χ3v) is 4.96. The molecule has 0 aliphatic heterocycles. The number of halogens is 3. The zero-order valence-corrected chi connectivity index (χ0v) is 15.4. The van der Waals surface area contributed by atoms with E-state index in [2.05, 4.69) is 53.8 Å². The molecule has 106 valence electrons. The number of hydrogen-bond donors (Lipinski definition) is 1. The van der Waals surface area contributed by atoms with Crippen LogP contribution in [0.3, 0.4) is 0 Å². The molecule has 0 fully saturated rings. The quantitative estimate of drug-likeness (QED) is 0.678. The number of hydrogen-bond acceptors (Lipinski definition) is 4. The Morgan fingerprint density at radius 2 is 2.15 bits per heavy atom. The monoisotopic (exact) mass is 467 g/mol. The van der Waals surface area contributed by atoms with Gasteiger partial charge < -0.3 is 10.1 Å². The van der Waals surface area contributed by atoms with Crippen molar-refractivity contribution in [2.45, 2.75) is 6.61 Å². The first-order valence-corrected chi connectivity index (χ1v) is 8.00. The summed E-state index contributed by atoms with van der Waals surface area (Å²) in [6.07, 6.45) is 0. The minimum atomic E-state index is 0.442. The number of methoxy groups -OCH3 is 1. The van der Waals surface area contributed by atoms with Crippen LogP contribution in [-0.4, -0.2) is 24.1 Å². The van der Waals surface area contributed by atoms with Crippen molar-refractivity contribution < 1.29 is 4.74 Å². The molecule has 0 saturated heterocycles. The van der Waals surface area contributed by atoms with Gasteiger partial charge >= 0.3 is 0 Å². The van der Waals surface area contributed by atoms with Gasteiger partial charge in [0.25, 0.3) is 0 Å². The normalized spacial score (nSPS) is 10.7. The highest BCUT2D eigenvalue weighted by atomic mass is 127. The summed E-state index contributed by atoms with van der Waals surface area (Å²) in [5.74, 6) is 1.42. The molecule has 4 nitrogen and oxygen atoms in total. The number of aromatic nitrogens is 2. The third-order valence-electron chi connectivity index (χ3n) is 2.62. The fraction of sp³-hybridized carbons (Fsp3) is 0.231. The molecule has 1 heterocycles. The SMILES string of the molecule is CNc1nc(-c2ccc(Cl)c(Br)c2)nc(COC)c1I. The van der Waals surface area contributed by atoms with Gasteiger partial charge in [-0.15, -0.1) is 0 Å². The van der Waals surface area contributed by atoms with E-state index < -0.39 is 0 Å². The summed E-state index contributed by atoms with van der Waals surface area (Å²) in [6, 6.07) is 5.61. The van der Waals surface area contributed by atoms with Crippen LogP contribution in [0, 0.1) is 3.57 Å². The van der Waals surface area contributed by atoms with Crippen LogP contribution in [0.15, 0.2) is 22.7 Å². The van der Waals surface area contributed by atoms with Gasteiger partial charge in [-0.3, -0.25) is 0 Å². The van der Waals surface area contributed by atoms with Gasteiger partial charge in [-0.05, 0) is 56.7 Å². The van der Waals surface area contributed by atoms with Gasteiger partial charge in [0.05, 0.1) is 20.9 Å². The first-order chi connectivity index (χ1) is 9.56. The number of anilines is 1. The zero-order valence-electron chi connectivity index (χ0n) is 10.9. The highest BCUT2D eigenvalue weighted by Gasteiger charge is 2.13. The van der Waals surface area contributed by atoms with Crippen LogP contribution in [0.5, 0.6) is 0 Å². The summed E-state index contributed by atoms with van der Waals surface area (Å²) in [4.78, 5) is 9.09. The average Bonchev–Trinajstić information content (AvgIpc) is 2.44. The smallest absolute Gasteiger partial charge is 0.161 e. The molecule has 0 unspecified atom stereocenters. The maximum atomic E-state index is 6.01. The molecule has 0 saturated carbocycles. The Balaban J connectivity index is 2.55. The standard InChI is InChI=1S/C13H12BrClIN3O/c1-17-13-11(16)10(6-20-2)18-12(19-13)7-3-4-9(15)8(14)5-7/h3-5H,6H2,1-2H3,(H,17,18,19). The highest BCUT2D eigenvalue weighted by Crippen LogP contribution is 2.29. The molecule has 7 heteroatoms. The zero-order chi connectivity index (χ0) is 14.7. The second kappa shape index (κ2) is 7.02. The fourth-order valence-electron chi connectivity index (χ4n) is 1.66. The van der Waals surface area contributed by atoms with E-state index in [4.69, 9.17) is 16.3 Å². The Morgan fingerprint density at radius 3 is 2.75 bits per heavy atom. The van der Waals surface area contributed by atoms with Crippen LogP contribution in [0.1, 0.15) is 5.69 Å². The number of nitrogens with one attached hydrogen (secondary N) is 1. The van der Waals surface area contributed by atoms with Gasteiger partial charge in [0.1, 0.15) is 5.82 Å². The van der Waals surface area contributed by atoms with E-state index in [0.29, 0.717) is 17.5 Å². The first-order valence-electron chi connectivity index (χ1n) is 5.75. The Hall–Kier alpha value is -0.440. The minimum absolute atomic E-state index is 0.442. The predicted molar refractivity (Wildman–Crippen MR) is 93.2 cm³/mol. The Kier molecular flexibility index (Phi) is 5.59. The Morgan fingerprint density at radius 1 is 1.40 bits per heavy atom. The summed E-state index contributed by atoms with van der Waals surface area (Å²) in [5.41, 5.74) is 1.75. The summed E-state index contributed by atoms with van der Waals surface area (Å²) in [7, 11) is 3.48. The van der Waals surface area contributed by atoms with Crippen LogP contribution in [0.4, 0.5) is 5.82 Å². The third kappa shape index (κ3) is 3.41. The molecule has 0 bridgehead atoms. The topological polar surface area (TPSA) is 47.0 Å². The van der Waals surface area contributed by atoms with Crippen molar-refractivity contribution in [3.63, 3.8) is 0 Å². The lowest BCUT2D eigenvalue weighted by Crippen LogP contribution is -2.06. The maximum absolute atomic E-state index is 6.01. The molecule has 0 aliphatic carbocycles. The molecule has 2 aromatic rings. The predicted octanol–water partition coefficient (Wildman–Crippen LogP) is 4.35. The van der Waals surface area contributed by atoms with Crippen LogP contribution in [-0.2, 0) is 11.3 Å². The molecular weight excluding hydrogens is 456 g/mol. The van der Waals surface area contributed by atoms with Crippen molar-refractivity contribution in [3.8, 4) is 11.4 Å². The fourth-order valence-corrected chi connectivity index (χ4v) is 2.82. The molecule has 0 amide bonds. The van der Waals surface area contributed by atoms with Gasteiger partial charge in [0.15, 0.2) is 5.82 Å². The van der Waals surface area contributed by atoms with Gasteiger partial charge in [-0.25, -0.2) is 9.97 Å². The average molecular weight is 469 g/mol. The molecule has 0 spiro atoms. The number of ether oxygens (including phenoxy) is 1. The van der Waals surface area contributed by atoms with Crippen molar-refractivity contribution in [2.24, 2.45) is 0 Å². The second-order valence-corrected chi connectivity index (χ2v) is 6.31. The lowest BCUT2D eigenvalue weighted by atomic mass is 10.2. The molecule has 0 radical (unpaired) electrons. The summed E-state index contributed by atoms with van der Waals surface area (Å²) < 4.78 is 6.97. The second-order valence-electron chi connectivity index (χ2n) is 3.97. The van der Waals surface area contributed by atoms with E-state index in [-0.39, 0.29) is 0 Å². The van der Waals surface area contributed by atoms with Crippen molar-refractivity contribution in [1.29, 1.82) is 0 Å².